The number of allylic oxidation sites excluding steroid dienone is 5. The van der Waals surface area contributed by atoms with Gasteiger partial charge in [-0.25, -0.2) is 0 Å². The lowest BCUT2D eigenvalue weighted by molar-refractivity contribution is -0.185. The molecule has 4 atom stereocenters. The third-order valence-electron chi connectivity index (χ3n) is 7.04. The van der Waals surface area contributed by atoms with Crippen LogP contribution >= 0.6 is 0 Å². The largest absolute Gasteiger partial charge is 0.507 e. The highest BCUT2D eigenvalue weighted by molar-refractivity contribution is 5.43. The number of aliphatic hydroxyl groups excluding tert-OH is 1. The molecule has 0 aromatic carbocycles. The van der Waals surface area contributed by atoms with Gasteiger partial charge in [0.2, 0.25) is 5.79 Å². The van der Waals surface area contributed by atoms with E-state index in [4.69, 9.17) is 0 Å². The SMILES string of the molecule is C[C@@]12CC=CC1=C1CCC3CC(O)(O)C(O)=C[C@]3(C)[C@H]1CC2. The minimum Gasteiger partial charge on any atom is -0.507 e. The van der Waals surface area contributed by atoms with Crippen LogP contribution in [0.2, 0.25) is 0 Å². The molecule has 0 radical (unpaired) electrons. The van der Waals surface area contributed by atoms with Gasteiger partial charge in [-0.3, -0.25) is 0 Å². The Morgan fingerprint density at radius 3 is 2.73 bits per heavy atom. The minimum atomic E-state index is -2.04. The highest BCUT2D eigenvalue weighted by atomic mass is 16.5. The topological polar surface area (TPSA) is 60.7 Å². The second-order valence-electron chi connectivity index (χ2n) is 8.35. The van der Waals surface area contributed by atoms with Crippen molar-refractivity contribution in [2.45, 2.75) is 58.2 Å². The van der Waals surface area contributed by atoms with Crippen molar-refractivity contribution in [3.05, 3.63) is 35.1 Å². The molecule has 4 aliphatic rings. The van der Waals surface area contributed by atoms with E-state index in [-0.39, 0.29) is 23.5 Å². The van der Waals surface area contributed by atoms with E-state index in [2.05, 4.69) is 26.0 Å². The summed E-state index contributed by atoms with van der Waals surface area (Å²) < 4.78 is 0. The van der Waals surface area contributed by atoms with Gasteiger partial charge in [-0.05, 0) is 66.4 Å². The maximum Gasteiger partial charge on any atom is 0.222 e. The van der Waals surface area contributed by atoms with Gasteiger partial charge in [-0.2, -0.15) is 0 Å². The van der Waals surface area contributed by atoms with Crippen LogP contribution in [0.25, 0.3) is 0 Å². The molecule has 3 N–H and O–H groups in total. The Bertz CT molecular complexity index is 612. The minimum absolute atomic E-state index is 0.155. The van der Waals surface area contributed by atoms with Crippen molar-refractivity contribution in [2.24, 2.45) is 22.7 Å². The first-order valence-corrected chi connectivity index (χ1v) is 8.53. The molecule has 4 aliphatic carbocycles. The summed E-state index contributed by atoms with van der Waals surface area (Å²) in [6, 6.07) is 0. The fourth-order valence-electron chi connectivity index (χ4n) is 5.62. The first-order chi connectivity index (χ1) is 10.3. The summed E-state index contributed by atoms with van der Waals surface area (Å²) in [6.07, 6.45) is 12.1. The lowest BCUT2D eigenvalue weighted by Crippen LogP contribution is -2.50. The van der Waals surface area contributed by atoms with Crippen LogP contribution in [0.1, 0.15) is 52.4 Å². The zero-order valence-corrected chi connectivity index (χ0v) is 13.5. The summed E-state index contributed by atoms with van der Waals surface area (Å²) in [5, 5.41) is 30.1. The number of rotatable bonds is 0. The highest BCUT2D eigenvalue weighted by Crippen LogP contribution is 2.62. The number of aliphatic hydroxyl groups is 3. The van der Waals surface area contributed by atoms with Crippen molar-refractivity contribution in [1.82, 2.24) is 0 Å². The molecule has 0 spiro atoms. The van der Waals surface area contributed by atoms with E-state index in [9.17, 15) is 15.3 Å². The summed E-state index contributed by atoms with van der Waals surface area (Å²) in [5.74, 6) is -1.64. The van der Waals surface area contributed by atoms with Crippen LogP contribution in [0.15, 0.2) is 35.1 Å². The fourth-order valence-corrected chi connectivity index (χ4v) is 5.62. The molecule has 4 rings (SSSR count). The molecule has 1 saturated carbocycles. The lowest BCUT2D eigenvalue weighted by Gasteiger charge is -2.54. The van der Waals surface area contributed by atoms with Crippen LogP contribution in [-0.4, -0.2) is 21.1 Å². The number of hydrogen-bond acceptors (Lipinski definition) is 3. The van der Waals surface area contributed by atoms with E-state index in [1.807, 2.05) is 0 Å². The quantitative estimate of drug-likeness (QED) is 0.599. The van der Waals surface area contributed by atoms with Gasteiger partial charge in [-0.1, -0.05) is 31.6 Å². The molecule has 1 fully saturated rings. The van der Waals surface area contributed by atoms with Gasteiger partial charge in [0.25, 0.3) is 0 Å². The van der Waals surface area contributed by atoms with E-state index in [0.717, 1.165) is 25.7 Å². The van der Waals surface area contributed by atoms with Crippen LogP contribution in [-0.2, 0) is 0 Å². The van der Waals surface area contributed by atoms with E-state index in [1.54, 1.807) is 11.6 Å². The standard InChI is InChI=1S/C19H26O3/c1-17-8-3-4-14(17)13-6-5-12-10-19(21,22)16(20)11-18(12,2)15(13)7-9-17/h3-4,11-12,15,20-22H,5-10H2,1-2H3/t12?,15-,17-,18-/m0/s1. The fraction of sp³-hybridized carbons (Fsp3) is 0.684. The van der Waals surface area contributed by atoms with Gasteiger partial charge < -0.3 is 15.3 Å². The Morgan fingerprint density at radius 2 is 1.95 bits per heavy atom. The van der Waals surface area contributed by atoms with Crippen molar-refractivity contribution in [2.75, 3.05) is 0 Å². The van der Waals surface area contributed by atoms with Crippen LogP contribution in [0.4, 0.5) is 0 Å². The Balaban J connectivity index is 1.82. The van der Waals surface area contributed by atoms with Gasteiger partial charge >= 0.3 is 0 Å². The van der Waals surface area contributed by atoms with Crippen molar-refractivity contribution in [1.29, 1.82) is 0 Å². The molecule has 0 heterocycles. The van der Waals surface area contributed by atoms with Crippen molar-refractivity contribution in [3.63, 3.8) is 0 Å². The third kappa shape index (κ3) is 1.75. The zero-order valence-electron chi connectivity index (χ0n) is 13.5. The summed E-state index contributed by atoms with van der Waals surface area (Å²) >= 11 is 0. The molecule has 3 heteroatoms. The zero-order chi connectivity index (χ0) is 15.8. The summed E-state index contributed by atoms with van der Waals surface area (Å²) in [7, 11) is 0. The van der Waals surface area contributed by atoms with Gasteiger partial charge in [0, 0.05) is 6.42 Å². The average molecular weight is 302 g/mol. The van der Waals surface area contributed by atoms with Gasteiger partial charge in [0.1, 0.15) is 5.76 Å². The molecule has 0 saturated heterocycles. The maximum atomic E-state index is 10.1. The van der Waals surface area contributed by atoms with Gasteiger partial charge in [-0.15, -0.1) is 0 Å². The Labute approximate surface area is 132 Å². The second kappa shape index (κ2) is 4.27. The number of hydrogen-bond donors (Lipinski definition) is 3. The molecular formula is C19H26O3. The predicted molar refractivity (Wildman–Crippen MR) is 84.9 cm³/mol. The lowest BCUT2D eigenvalue weighted by atomic mass is 9.51. The molecular weight excluding hydrogens is 276 g/mol. The van der Waals surface area contributed by atoms with Crippen molar-refractivity contribution in [3.8, 4) is 0 Å². The maximum absolute atomic E-state index is 10.1. The molecule has 1 unspecified atom stereocenters. The molecule has 120 valence electrons. The highest BCUT2D eigenvalue weighted by Gasteiger charge is 2.55. The van der Waals surface area contributed by atoms with Crippen LogP contribution in [0.3, 0.4) is 0 Å². The first kappa shape index (κ1) is 14.5. The Morgan fingerprint density at radius 1 is 1.18 bits per heavy atom. The normalized spacial score (nSPS) is 45.9. The first-order valence-electron chi connectivity index (χ1n) is 8.53. The van der Waals surface area contributed by atoms with Gasteiger partial charge in [0.15, 0.2) is 0 Å². The van der Waals surface area contributed by atoms with E-state index >= 15 is 0 Å². The van der Waals surface area contributed by atoms with Crippen molar-refractivity contribution < 1.29 is 15.3 Å². The Hall–Kier alpha value is -1.06. The summed E-state index contributed by atoms with van der Waals surface area (Å²) in [6.45, 7) is 4.58. The van der Waals surface area contributed by atoms with Crippen molar-refractivity contribution >= 4 is 0 Å². The predicted octanol–water partition coefficient (Wildman–Crippen LogP) is 3.60. The van der Waals surface area contributed by atoms with E-state index < -0.39 is 5.79 Å². The smallest absolute Gasteiger partial charge is 0.222 e. The van der Waals surface area contributed by atoms with E-state index in [1.165, 1.54) is 12.0 Å². The summed E-state index contributed by atoms with van der Waals surface area (Å²) in [5.41, 5.74) is 3.25. The molecule has 0 amide bonds. The van der Waals surface area contributed by atoms with Gasteiger partial charge in [0.05, 0.1) is 0 Å². The monoisotopic (exact) mass is 302 g/mol. The molecule has 3 nitrogen and oxygen atoms in total. The third-order valence-corrected chi connectivity index (χ3v) is 7.04. The molecule has 0 bridgehead atoms. The molecule has 0 aromatic heterocycles. The van der Waals surface area contributed by atoms with Crippen LogP contribution in [0.5, 0.6) is 0 Å². The van der Waals surface area contributed by atoms with Crippen LogP contribution in [0, 0.1) is 22.7 Å². The summed E-state index contributed by atoms with van der Waals surface area (Å²) in [4.78, 5) is 0. The van der Waals surface area contributed by atoms with E-state index in [0.29, 0.717) is 11.3 Å². The number of fused-ring (bicyclic) bond motifs is 4. The molecule has 0 aliphatic heterocycles. The molecule has 22 heavy (non-hydrogen) atoms. The van der Waals surface area contributed by atoms with Crippen LogP contribution < -0.4 is 0 Å². The second-order valence-corrected chi connectivity index (χ2v) is 8.35. The Kier molecular flexibility index (Phi) is 2.82. The molecule has 0 aromatic rings. The average Bonchev–Trinajstić information content (AvgIpc) is 2.82.